The maximum absolute atomic E-state index is 12.4. The molecule has 6 nitrogen and oxygen atoms in total. The second-order valence-electron chi connectivity index (χ2n) is 9.98. The first kappa shape index (κ1) is 26.5. The maximum Gasteiger partial charge on any atom is 0.223 e. The monoisotopic (exact) mass is 510 g/mol. The molecule has 0 spiro atoms. The van der Waals surface area contributed by atoms with Crippen LogP contribution in [0.5, 0.6) is 5.75 Å². The molecular formula is C29H39ClN4O2. The summed E-state index contributed by atoms with van der Waals surface area (Å²) in [5.74, 6) is 2.53. The third-order valence-electron chi connectivity index (χ3n) is 7.40. The number of piperidine rings is 1. The molecule has 1 unspecified atom stereocenters. The molecule has 1 fully saturated rings. The van der Waals surface area contributed by atoms with E-state index in [1.54, 1.807) is 0 Å². The fraction of sp³-hybridized carbons (Fsp3) is 0.517. The minimum absolute atomic E-state index is 0.0995. The number of rotatable bonds is 11. The van der Waals surface area contributed by atoms with Crippen molar-refractivity contribution < 1.29 is 9.53 Å². The normalized spacial score (nSPS) is 15.8. The SMILES string of the molecule is CCCNC(=O)C(C)C1CCN(CCCn2c(COc3ccc(Cl)cc3)nc3c(C)cccc32)CC1. The lowest BCUT2D eigenvalue weighted by Gasteiger charge is -2.34. The molecule has 194 valence electrons. The Morgan fingerprint density at radius 3 is 2.64 bits per heavy atom. The summed E-state index contributed by atoms with van der Waals surface area (Å²) >= 11 is 6.01. The lowest BCUT2D eigenvalue weighted by molar-refractivity contribution is -0.126. The molecule has 1 saturated heterocycles. The highest BCUT2D eigenvalue weighted by atomic mass is 35.5. The van der Waals surface area contributed by atoms with Crippen molar-refractivity contribution in [3.05, 3.63) is 58.9 Å². The van der Waals surface area contributed by atoms with Crippen molar-refractivity contribution in [1.29, 1.82) is 0 Å². The largest absolute Gasteiger partial charge is 0.486 e. The number of hydrogen-bond acceptors (Lipinski definition) is 4. The first-order valence-corrected chi connectivity index (χ1v) is 13.7. The van der Waals surface area contributed by atoms with Crippen molar-refractivity contribution in [3.8, 4) is 5.75 Å². The van der Waals surface area contributed by atoms with Crippen LogP contribution in [0.25, 0.3) is 11.0 Å². The summed E-state index contributed by atoms with van der Waals surface area (Å²) in [4.78, 5) is 19.8. The Kier molecular flexibility index (Phi) is 9.27. The molecule has 0 aliphatic carbocycles. The molecule has 1 amide bonds. The van der Waals surface area contributed by atoms with E-state index in [9.17, 15) is 4.79 Å². The van der Waals surface area contributed by atoms with E-state index < -0.39 is 0 Å². The number of amides is 1. The molecule has 2 aromatic carbocycles. The molecule has 7 heteroatoms. The Balaban J connectivity index is 1.33. The van der Waals surface area contributed by atoms with Crippen LogP contribution in [0.2, 0.25) is 5.02 Å². The van der Waals surface area contributed by atoms with Crippen LogP contribution in [0.15, 0.2) is 42.5 Å². The minimum atomic E-state index is 0.0995. The minimum Gasteiger partial charge on any atom is -0.486 e. The molecule has 0 saturated carbocycles. The van der Waals surface area contributed by atoms with Gasteiger partial charge in [0.25, 0.3) is 0 Å². The van der Waals surface area contributed by atoms with Gasteiger partial charge in [-0.3, -0.25) is 4.79 Å². The number of imidazole rings is 1. The predicted octanol–water partition coefficient (Wildman–Crippen LogP) is 5.84. The summed E-state index contributed by atoms with van der Waals surface area (Å²) in [5, 5.41) is 3.76. The summed E-state index contributed by atoms with van der Waals surface area (Å²) in [6.45, 7) is 11.5. The van der Waals surface area contributed by atoms with Crippen LogP contribution in [-0.4, -0.2) is 46.5 Å². The van der Waals surface area contributed by atoms with E-state index in [1.807, 2.05) is 24.3 Å². The Labute approximate surface area is 220 Å². The molecule has 36 heavy (non-hydrogen) atoms. The van der Waals surface area contributed by atoms with Crippen molar-refractivity contribution in [2.75, 3.05) is 26.2 Å². The molecule has 4 rings (SSSR count). The Morgan fingerprint density at radius 2 is 1.92 bits per heavy atom. The van der Waals surface area contributed by atoms with E-state index >= 15 is 0 Å². The topological polar surface area (TPSA) is 59.4 Å². The molecule has 0 bridgehead atoms. The Morgan fingerprint density at radius 1 is 1.17 bits per heavy atom. The third-order valence-corrected chi connectivity index (χ3v) is 7.65. The number of halogens is 1. The Bertz CT molecular complexity index is 1140. The number of fused-ring (bicyclic) bond motifs is 1. The van der Waals surface area contributed by atoms with Gasteiger partial charge in [0.2, 0.25) is 5.91 Å². The zero-order valence-corrected chi connectivity index (χ0v) is 22.6. The van der Waals surface area contributed by atoms with Gasteiger partial charge in [0, 0.05) is 24.0 Å². The number of hydrogen-bond donors (Lipinski definition) is 1. The van der Waals surface area contributed by atoms with Crippen LogP contribution in [0.4, 0.5) is 0 Å². The molecule has 1 N–H and O–H groups in total. The maximum atomic E-state index is 12.4. The number of carbonyl (C=O) groups excluding carboxylic acids is 1. The molecule has 1 atom stereocenters. The van der Waals surface area contributed by atoms with Gasteiger partial charge >= 0.3 is 0 Å². The number of nitrogens with one attached hydrogen (secondary N) is 1. The van der Waals surface area contributed by atoms with Crippen molar-refractivity contribution >= 4 is 28.5 Å². The summed E-state index contributed by atoms with van der Waals surface area (Å²) in [6, 6.07) is 13.8. The van der Waals surface area contributed by atoms with Gasteiger partial charge in [-0.05, 0) is 94.1 Å². The zero-order valence-electron chi connectivity index (χ0n) is 21.8. The first-order valence-electron chi connectivity index (χ1n) is 13.3. The summed E-state index contributed by atoms with van der Waals surface area (Å²) in [7, 11) is 0. The number of benzene rings is 2. The van der Waals surface area contributed by atoms with E-state index in [0.717, 1.165) is 81.0 Å². The average molecular weight is 511 g/mol. The number of nitrogens with zero attached hydrogens (tertiary/aromatic N) is 3. The second kappa shape index (κ2) is 12.6. The van der Waals surface area contributed by atoms with Crippen LogP contribution in [0.3, 0.4) is 0 Å². The molecular weight excluding hydrogens is 472 g/mol. The number of ether oxygens (including phenoxy) is 1. The number of aryl methyl sites for hydroxylation is 2. The van der Waals surface area contributed by atoms with Gasteiger partial charge in [0.05, 0.1) is 11.0 Å². The highest BCUT2D eigenvalue weighted by Gasteiger charge is 2.27. The second-order valence-corrected chi connectivity index (χ2v) is 10.4. The number of likely N-dealkylation sites (tertiary alicyclic amines) is 1. The molecule has 1 aliphatic rings. The van der Waals surface area contributed by atoms with Crippen LogP contribution >= 0.6 is 11.6 Å². The van der Waals surface area contributed by atoms with Crippen molar-refractivity contribution in [3.63, 3.8) is 0 Å². The summed E-state index contributed by atoms with van der Waals surface area (Å²) in [6.07, 6.45) is 4.21. The Hall–Kier alpha value is -2.57. The molecule has 2 heterocycles. The first-order chi connectivity index (χ1) is 17.5. The third kappa shape index (κ3) is 6.60. The van der Waals surface area contributed by atoms with Gasteiger partial charge in [-0.1, -0.05) is 37.6 Å². The fourth-order valence-electron chi connectivity index (χ4n) is 5.13. The van der Waals surface area contributed by atoms with Gasteiger partial charge in [0.1, 0.15) is 18.2 Å². The lowest BCUT2D eigenvalue weighted by atomic mass is 9.85. The van der Waals surface area contributed by atoms with E-state index in [1.165, 1.54) is 5.56 Å². The molecule has 1 aromatic heterocycles. The highest BCUT2D eigenvalue weighted by molar-refractivity contribution is 6.30. The van der Waals surface area contributed by atoms with Gasteiger partial charge in [-0.15, -0.1) is 0 Å². The smallest absolute Gasteiger partial charge is 0.223 e. The fourth-order valence-corrected chi connectivity index (χ4v) is 5.25. The lowest BCUT2D eigenvalue weighted by Crippen LogP contribution is -2.41. The zero-order chi connectivity index (χ0) is 25.5. The number of carbonyl (C=O) groups is 1. The van der Waals surface area contributed by atoms with Crippen molar-refractivity contribution in [1.82, 2.24) is 19.8 Å². The highest BCUT2D eigenvalue weighted by Crippen LogP contribution is 2.26. The number of para-hydroxylation sites is 1. The van der Waals surface area contributed by atoms with E-state index in [2.05, 4.69) is 53.8 Å². The molecule has 0 radical (unpaired) electrons. The van der Waals surface area contributed by atoms with Gasteiger partial charge < -0.3 is 19.5 Å². The van der Waals surface area contributed by atoms with Crippen LogP contribution < -0.4 is 10.1 Å². The quantitative estimate of drug-likeness (QED) is 0.352. The van der Waals surface area contributed by atoms with Crippen LogP contribution in [0, 0.1) is 18.8 Å². The summed E-state index contributed by atoms with van der Waals surface area (Å²) in [5.41, 5.74) is 3.39. The van der Waals surface area contributed by atoms with Crippen LogP contribution in [-0.2, 0) is 17.9 Å². The van der Waals surface area contributed by atoms with Crippen molar-refractivity contribution in [2.45, 2.75) is 59.6 Å². The van der Waals surface area contributed by atoms with Gasteiger partial charge in [0.15, 0.2) is 0 Å². The average Bonchev–Trinajstić information content (AvgIpc) is 3.25. The molecule has 1 aliphatic heterocycles. The van der Waals surface area contributed by atoms with E-state index in [-0.39, 0.29) is 11.8 Å². The van der Waals surface area contributed by atoms with Crippen LogP contribution in [0.1, 0.15) is 50.9 Å². The van der Waals surface area contributed by atoms with Crippen molar-refractivity contribution in [2.24, 2.45) is 11.8 Å². The molecule has 3 aromatic rings. The number of aromatic nitrogens is 2. The predicted molar refractivity (Wildman–Crippen MR) is 146 cm³/mol. The van der Waals surface area contributed by atoms with E-state index in [4.69, 9.17) is 21.3 Å². The standard InChI is InChI=1S/C29H39ClN4O2/c1-4-15-31-29(35)22(3)23-13-18-33(19-14-23)16-6-17-34-26-8-5-7-21(2)28(26)32-27(34)20-36-25-11-9-24(30)10-12-25/h5,7-12,22-23H,4,6,13-20H2,1-3H3,(H,31,35). The summed E-state index contributed by atoms with van der Waals surface area (Å²) < 4.78 is 8.36. The van der Waals surface area contributed by atoms with Gasteiger partial charge in [-0.25, -0.2) is 4.98 Å². The van der Waals surface area contributed by atoms with E-state index in [0.29, 0.717) is 17.5 Å². The van der Waals surface area contributed by atoms with Gasteiger partial charge in [-0.2, -0.15) is 0 Å².